The van der Waals surface area contributed by atoms with Crippen molar-refractivity contribution in [3.8, 4) is 5.69 Å². The molecule has 0 spiro atoms. The van der Waals surface area contributed by atoms with Gasteiger partial charge in [-0.3, -0.25) is 14.4 Å². The fourth-order valence-corrected chi connectivity index (χ4v) is 3.91. The molecule has 2 aromatic carbocycles. The number of benzene rings is 2. The molecule has 32 heavy (non-hydrogen) atoms. The van der Waals surface area contributed by atoms with E-state index in [-0.39, 0.29) is 22.4 Å². The minimum Gasteiger partial charge on any atom is -0.365 e. The molecule has 0 radical (unpaired) electrons. The zero-order chi connectivity index (χ0) is 22.7. The normalized spacial score (nSPS) is 13.7. The molecule has 1 aromatic heterocycles. The van der Waals surface area contributed by atoms with Gasteiger partial charge in [0.2, 0.25) is 5.91 Å². The van der Waals surface area contributed by atoms with Gasteiger partial charge in [-0.2, -0.15) is 9.78 Å². The van der Waals surface area contributed by atoms with Crippen LogP contribution in [0.25, 0.3) is 5.69 Å². The summed E-state index contributed by atoms with van der Waals surface area (Å²) in [5.41, 5.74) is 1.91. The minimum atomic E-state index is -0.386. The van der Waals surface area contributed by atoms with E-state index in [1.54, 1.807) is 47.5 Å². The quantitative estimate of drug-likeness (QED) is 0.659. The second-order valence-corrected chi connectivity index (χ2v) is 7.82. The Morgan fingerprint density at radius 2 is 1.72 bits per heavy atom. The molecule has 4 rings (SSSR count). The predicted octanol–water partition coefficient (Wildman–Crippen LogP) is 2.81. The molecule has 2 heterocycles. The summed E-state index contributed by atoms with van der Waals surface area (Å²) in [5, 5.41) is 7.07. The molecule has 0 saturated carbocycles. The second kappa shape index (κ2) is 9.23. The fourth-order valence-electron chi connectivity index (χ4n) is 3.66. The molecule has 164 valence electrons. The number of carbonyl (C=O) groups is 2. The van der Waals surface area contributed by atoms with Crippen LogP contribution < -0.4 is 15.8 Å². The first-order valence-electron chi connectivity index (χ1n) is 10.2. The number of piperazine rings is 1. The number of anilines is 2. The predicted molar refractivity (Wildman–Crippen MR) is 124 cm³/mol. The van der Waals surface area contributed by atoms with Crippen LogP contribution in [0.2, 0.25) is 5.02 Å². The molecule has 1 fully saturated rings. The zero-order valence-electron chi connectivity index (χ0n) is 17.5. The van der Waals surface area contributed by atoms with Crippen molar-refractivity contribution in [1.29, 1.82) is 0 Å². The average molecular weight is 452 g/mol. The summed E-state index contributed by atoms with van der Waals surface area (Å²) < 4.78 is 1.27. The Labute approximate surface area is 190 Å². The van der Waals surface area contributed by atoms with Gasteiger partial charge in [-0.15, -0.1) is 0 Å². The second-order valence-electron chi connectivity index (χ2n) is 7.44. The Morgan fingerprint density at radius 3 is 2.41 bits per heavy atom. The Bertz CT molecular complexity index is 1200. The van der Waals surface area contributed by atoms with Crippen LogP contribution in [-0.4, -0.2) is 52.7 Å². The lowest BCUT2D eigenvalue weighted by molar-refractivity contribution is -0.114. The molecule has 0 unspecified atom stereocenters. The highest BCUT2D eigenvalue weighted by molar-refractivity contribution is 6.33. The van der Waals surface area contributed by atoms with Crippen LogP contribution in [0.4, 0.5) is 11.4 Å². The van der Waals surface area contributed by atoms with E-state index in [0.29, 0.717) is 48.8 Å². The van der Waals surface area contributed by atoms with Crippen LogP contribution in [0.5, 0.6) is 0 Å². The van der Waals surface area contributed by atoms with Gasteiger partial charge >= 0.3 is 0 Å². The standard InChI is InChI=1S/C23H22ClN5O3/c1-16(30)26-18-7-5-6-17(14-18)22(31)28-12-10-27(11-13-28)20-15-25-29(23(32)21(20)24)19-8-3-2-4-9-19/h2-9,14-15H,10-13H2,1H3,(H,26,30). The SMILES string of the molecule is CC(=O)Nc1cccc(C(=O)N2CCN(c3cnn(-c4ccccc4)c(=O)c3Cl)CC2)c1. The number of para-hydroxylation sites is 1. The van der Waals surface area contributed by atoms with Gasteiger partial charge in [0.15, 0.2) is 0 Å². The molecule has 0 aliphatic carbocycles. The third-order valence-electron chi connectivity index (χ3n) is 5.24. The van der Waals surface area contributed by atoms with Crippen molar-refractivity contribution in [1.82, 2.24) is 14.7 Å². The number of nitrogens with zero attached hydrogens (tertiary/aromatic N) is 4. The molecule has 3 aromatic rings. The number of nitrogens with one attached hydrogen (secondary N) is 1. The average Bonchev–Trinajstić information content (AvgIpc) is 2.81. The summed E-state index contributed by atoms with van der Waals surface area (Å²) in [5.74, 6) is -0.302. The first-order chi connectivity index (χ1) is 15.4. The molecule has 1 aliphatic rings. The Morgan fingerprint density at radius 1 is 1.00 bits per heavy atom. The van der Waals surface area contributed by atoms with Crippen molar-refractivity contribution in [2.75, 3.05) is 36.4 Å². The summed E-state index contributed by atoms with van der Waals surface area (Å²) >= 11 is 6.41. The lowest BCUT2D eigenvalue weighted by atomic mass is 10.1. The largest absolute Gasteiger partial charge is 0.365 e. The maximum absolute atomic E-state index is 12.9. The number of carbonyl (C=O) groups excluding carboxylic acids is 2. The van der Waals surface area contributed by atoms with E-state index in [1.807, 2.05) is 23.1 Å². The Kier molecular flexibility index (Phi) is 6.23. The first kappa shape index (κ1) is 21.6. The number of halogens is 1. The number of aromatic nitrogens is 2. The van der Waals surface area contributed by atoms with Gasteiger partial charge in [0.05, 0.1) is 17.6 Å². The van der Waals surface area contributed by atoms with E-state index in [0.717, 1.165) is 0 Å². The van der Waals surface area contributed by atoms with Crippen LogP contribution in [0.15, 0.2) is 65.6 Å². The Hall–Kier alpha value is -3.65. The third-order valence-corrected chi connectivity index (χ3v) is 5.59. The maximum Gasteiger partial charge on any atom is 0.292 e. The van der Waals surface area contributed by atoms with Crippen LogP contribution in [-0.2, 0) is 4.79 Å². The van der Waals surface area contributed by atoms with E-state index >= 15 is 0 Å². The van der Waals surface area contributed by atoms with E-state index in [1.165, 1.54) is 11.6 Å². The van der Waals surface area contributed by atoms with E-state index in [4.69, 9.17) is 11.6 Å². The van der Waals surface area contributed by atoms with Crippen LogP contribution >= 0.6 is 11.6 Å². The topological polar surface area (TPSA) is 87.5 Å². The summed E-state index contributed by atoms with van der Waals surface area (Å²) in [6.45, 7) is 3.41. The van der Waals surface area contributed by atoms with E-state index in [9.17, 15) is 14.4 Å². The van der Waals surface area contributed by atoms with E-state index in [2.05, 4.69) is 10.4 Å². The van der Waals surface area contributed by atoms with E-state index < -0.39 is 0 Å². The highest BCUT2D eigenvalue weighted by atomic mass is 35.5. The molecule has 9 heteroatoms. The molecule has 2 amide bonds. The van der Waals surface area contributed by atoms with Gasteiger partial charge in [0.1, 0.15) is 5.02 Å². The van der Waals surface area contributed by atoms with Crippen LogP contribution in [0.3, 0.4) is 0 Å². The summed E-state index contributed by atoms with van der Waals surface area (Å²) in [7, 11) is 0. The zero-order valence-corrected chi connectivity index (χ0v) is 18.2. The van der Waals surface area contributed by atoms with Crippen molar-refractivity contribution in [3.05, 3.63) is 81.7 Å². The molecule has 8 nitrogen and oxygen atoms in total. The molecule has 1 saturated heterocycles. The first-order valence-corrected chi connectivity index (χ1v) is 10.6. The van der Waals surface area contributed by atoms with Crippen molar-refractivity contribution in [2.24, 2.45) is 0 Å². The van der Waals surface area contributed by atoms with Gasteiger partial charge in [-0.1, -0.05) is 35.9 Å². The third kappa shape index (κ3) is 4.50. The van der Waals surface area contributed by atoms with Gasteiger partial charge in [-0.25, -0.2) is 0 Å². The van der Waals surface area contributed by atoms with Crippen molar-refractivity contribution >= 4 is 34.8 Å². The molecule has 0 atom stereocenters. The smallest absolute Gasteiger partial charge is 0.292 e. The number of rotatable bonds is 4. The van der Waals surface area contributed by atoms with Crippen LogP contribution in [0.1, 0.15) is 17.3 Å². The van der Waals surface area contributed by atoms with Gasteiger partial charge < -0.3 is 15.1 Å². The van der Waals surface area contributed by atoms with Crippen molar-refractivity contribution in [2.45, 2.75) is 6.92 Å². The summed E-state index contributed by atoms with van der Waals surface area (Å²) in [6.07, 6.45) is 1.59. The summed E-state index contributed by atoms with van der Waals surface area (Å²) in [6, 6.07) is 16.0. The molecule has 0 bridgehead atoms. The van der Waals surface area contributed by atoms with Gasteiger partial charge in [0, 0.05) is 44.4 Å². The lowest BCUT2D eigenvalue weighted by Crippen LogP contribution is -2.49. The summed E-state index contributed by atoms with van der Waals surface area (Å²) in [4.78, 5) is 40.6. The van der Waals surface area contributed by atoms with Crippen molar-refractivity contribution in [3.63, 3.8) is 0 Å². The highest BCUT2D eigenvalue weighted by Crippen LogP contribution is 2.24. The molecule has 1 N–H and O–H groups in total. The monoisotopic (exact) mass is 451 g/mol. The number of amides is 2. The van der Waals surface area contributed by atoms with Gasteiger partial charge in [0.25, 0.3) is 11.5 Å². The molecular weight excluding hydrogens is 430 g/mol. The van der Waals surface area contributed by atoms with Gasteiger partial charge in [-0.05, 0) is 30.3 Å². The minimum absolute atomic E-state index is 0.103. The fraction of sp³-hybridized carbons (Fsp3) is 0.217. The highest BCUT2D eigenvalue weighted by Gasteiger charge is 2.25. The maximum atomic E-state index is 12.9. The number of hydrogen-bond acceptors (Lipinski definition) is 5. The number of hydrogen-bond donors (Lipinski definition) is 1. The molecule has 1 aliphatic heterocycles. The van der Waals surface area contributed by atoms with Crippen molar-refractivity contribution < 1.29 is 9.59 Å². The Balaban J connectivity index is 1.46. The lowest BCUT2D eigenvalue weighted by Gasteiger charge is -2.36. The molecular formula is C23H22ClN5O3. The van der Waals surface area contributed by atoms with Crippen LogP contribution in [0, 0.1) is 0 Å².